The van der Waals surface area contributed by atoms with Crippen molar-refractivity contribution in [2.24, 2.45) is 0 Å². The minimum atomic E-state index is -0.181. The summed E-state index contributed by atoms with van der Waals surface area (Å²) in [5.74, 6) is -0.150. The number of nitrogens with zero attached hydrogens (tertiary/aromatic N) is 1. The first-order valence-electron chi connectivity index (χ1n) is 7.84. The van der Waals surface area contributed by atoms with Gasteiger partial charge in [-0.15, -0.1) is 0 Å². The molecule has 4 nitrogen and oxygen atoms in total. The van der Waals surface area contributed by atoms with E-state index in [-0.39, 0.29) is 17.5 Å². The number of benzene rings is 2. The lowest BCUT2D eigenvalue weighted by atomic mass is 10.1. The van der Waals surface area contributed by atoms with Crippen LogP contribution in [0.15, 0.2) is 72.9 Å². The van der Waals surface area contributed by atoms with Gasteiger partial charge >= 0.3 is 0 Å². The van der Waals surface area contributed by atoms with Gasteiger partial charge in [-0.25, -0.2) is 4.39 Å². The summed E-state index contributed by atoms with van der Waals surface area (Å²) in [5, 5.41) is 12.1. The molecule has 25 heavy (non-hydrogen) atoms. The standard InChI is InChI=1S/C14H14N2O2.C6H5F/c1-2-15-14(18)13-7-6-11(9-16-13)10-4-3-5-12(17)8-10;7-6-4-2-1-3-5-6/h3-9,17H,2H2,1H3,(H,15,18);1-5H. The second-order valence-electron chi connectivity index (χ2n) is 5.14. The molecule has 0 aliphatic carbocycles. The average molecular weight is 338 g/mol. The fourth-order valence-electron chi connectivity index (χ4n) is 2.05. The molecule has 0 spiro atoms. The Kier molecular flexibility index (Phi) is 6.65. The van der Waals surface area contributed by atoms with Gasteiger partial charge in [-0.3, -0.25) is 9.78 Å². The molecule has 2 aromatic carbocycles. The van der Waals surface area contributed by atoms with Gasteiger partial charge in [0, 0.05) is 18.3 Å². The van der Waals surface area contributed by atoms with Crippen molar-refractivity contribution in [2.45, 2.75) is 6.92 Å². The second kappa shape index (κ2) is 9.17. The minimum Gasteiger partial charge on any atom is -0.508 e. The Hall–Kier alpha value is -3.21. The summed E-state index contributed by atoms with van der Waals surface area (Å²) >= 11 is 0. The fraction of sp³-hybridized carbons (Fsp3) is 0.100. The summed E-state index contributed by atoms with van der Waals surface area (Å²) in [5.41, 5.74) is 2.12. The van der Waals surface area contributed by atoms with E-state index in [1.165, 1.54) is 12.1 Å². The lowest BCUT2D eigenvalue weighted by Gasteiger charge is -2.04. The molecule has 1 heterocycles. The maximum Gasteiger partial charge on any atom is 0.269 e. The molecule has 0 radical (unpaired) electrons. The molecule has 0 aliphatic heterocycles. The van der Waals surface area contributed by atoms with Gasteiger partial charge in [-0.1, -0.05) is 36.4 Å². The van der Waals surface area contributed by atoms with Crippen molar-refractivity contribution in [1.82, 2.24) is 10.3 Å². The average Bonchev–Trinajstić information content (AvgIpc) is 2.63. The molecule has 1 amide bonds. The Morgan fingerprint density at radius 1 is 1.04 bits per heavy atom. The number of hydrogen-bond acceptors (Lipinski definition) is 3. The van der Waals surface area contributed by atoms with E-state index in [2.05, 4.69) is 10.3 Å². The highest BCUT2D eigenvalue weighted by Crippen LogP contribution is 2.22. The van der Waals surface area contributed by atoms with Crippen LogP contribution in [0.2, 0.25) is 0 Å². The lowest BCUT2D eigenvalue weighted by molar-refractivity contribution is 0.0951. The summed E-state index contributed by atoms with van der Waals surface area (Å²) in [6.07, 6.45) is 1.62. The van der Waals surface area contributed by atoms with E-state index in [1.54, 1.807) is 48.7 Å². The monoisotopic (exact) mass is 338 g/mol. The topological polar surface area (TPSA) is 62.2 Å². The van der Waals surface area contributed by atoms with Crippen molar-refractivity contribution in [1.29, 1.82) is 0 Å². The number of aromatic hydroxyl groups is 1. The summed E-state index contributed by atoms with van der Waals surface area (Å²) in [7, 11) is 0. The van der Waals surface area contributed by atoms with Gasteiger partial charge in [0.1, 0.15) is 17.3 Å². The molecule has 0 aliphatic rings. The molecule has 0 saturated heterocycles. The van der Waals surface area contributed by atoms with Crippen LogP contribution in [0.1, 0.15) is 17.4 Å². The Bertz CT molecular complexity index is 805. The van der Waals surface area contributed by atoms with E-state index in [0.29, 0.717) is 12.2 Å². The highest BCUT2D eigenvalue weighted by Gasteiger charge is 2.06. The van der Waals surface area contributed by atoms with Crippen molar-refractivity contribution in [3.05, 3.63) is 84.4 Å². The van der Waals surface area contributed by atoms with Gasteiger partial charge in [0.2, 0.25) is 0 Å². The number of pyridine rings is 1. The number of hydrogen-bond donors (Lipinski definition) is 2. The van der Waals surface area contributed by atoms with Crippen LogP contribution in [-0.2, 0) is 0 Å². The van der Waals surface area contributed by atoms with Crippen molar-refractivity contribution in [2.75, 3.05) is 6.54 Å². The summed E-state index contributed by atoms with van der Waals surface area (Å²) in [4.78, 5) is 15.6. The van der Waals surface area contributed by atoms with Gasteiger partial charge < -0.3 is 10.4 Å². The van der Waals surface area contributed by atoms with E-state index in [1.807, 2.05) is 19.1 Å². The molecule has 0 saturated carbocycles. The predicted molar refractivity (Wildman–Crippen MR) is 95.7 cm³/mol. The zero-order chi connectivity index (χ0) is 18.1. The predicted octanol–water partition coefficient (Wildman–Crippen LogP) is 4.03. The molecule has 5 heteroatoms. The maximum absolute atomic E-state index is 11.9. The Labute approximate surface area is 146 Å². The SMILES string of the molecule is CCNC(=O)c1ccc(-c2cccc(O)c2)cn1.Fc1ccccc1. The van der Waals surface area contributed by atoms with Gasteiger partial charge in [-0.2, -0.15) is 0 Å². The van der Waals surface area contributed by atoms with Crippen LogP contribution in [0.25, 0.3) is 11.1 Å². The molecule has 0 atom stereocenters. The quantitative estimate of drug-likeness (QED) is 0.758. The number of rotatable bonds is 3. The maximum atomic E-state index is 11.9. The van der Waals surface area contributed by atoms with Gasteiger partial charge in [0.15, 0.2) is 0 Å². The molecule has 0 bridgehead atoms. The van der Waals surface area contributed by atoms with Crippen LogP contribution >= 0.6 is 0 Å². The third kappa shape index (κ3) is 5.73. The Balaban J connectivity index is 0.000000269. The highest BCUT2D eigenvalue weighted by atomic mass is 19.1. The lowest BCUT2D eigenvalue weighted by Crippen LogP contribution is -2.23. The molecule has 3 aromatic rings. The summed E-state index contributed by atoms with van der Waals surface area (Å²) in [6.45, 7) is 2.44. The number of nitrogens with one attached hydrogen (secondary N) is 1. The molecule has 2 N–H and O–H groups in total. The minimum absolute atomic E-state index is 0.178. The van der Waals surface area contributed by atoms with Crippen molar-refractivity contribution in [3.63, 3.8) is 0 Å². The van der Waals surface area contributed by atoms with Gasteiger partial charge in [0.05, 0.1) is 0 Å². The van der Waals surface area contributed by atoms with Crippen LogP contribution in [-0.4, -0.2) is 22.5 Å². The van der Waals surface area contributed by atoms with Gasteiger partial charge in [-0.05, 0) is 42.8 Å². The largest absolute Gasteiger partial charge is 0.508 e. The number of phenols is 1. The van der Waals surface area contributed by atoms with Crippen LogP contribution in [0.4, 0.5) is 4.39 Å². The zero-order valence-electron chi connectivity index (χ0n) is 13.8. The molecule has 0 unspecified atom stereocenters. The van der Waals surface area contributed by atoms with E-state index >= 15 is 0 Å². The normalized spacial score (nSPS) is 9.68. The number of carbonyl (C=O) groups excluding carboxylic acids is 1. The van der Waals surface area contributed by atoms with Crippen LogP contribution in [0, 0.1) is 5.82 Å². The molecule has 1 aromatic heterocycles. The van der Waals surface area contributed by atoms with Crippen molar-refractivity contribution < 1.29 is 14.3 Å². The first-order valence-corrected chi connectivity index (χ1v) is 7.84. The Morgan fingerprint density at radius 2 is 1.80 bits per heavy atom. The van der Waals surface area contributed by atoms with Gasteiger partial charge in [0.25, 0.3) is 5.91 Å². The van der Waals surface area contributed by atoms with E-state index < -0.39 is 0 Å². The number of carbonyl (C=O) groups is 1. The first-order chi connectivity index (χ1) is 12.1. The number of aromatic nitrogens is 1. The summed E-state index contributed by atoms with van der Waals surface area (Å²) in [6, 6.07) is 18.3. The van der Waals surface area contributed by atoms with Crippen LogP contribution in [0.3, 0.4) is 0 Å². The Morgan fingerprint density at radius 3 is 2.32 bits per heavy atom. The van der Waals surface area contributed by atoms with Crippen LogP contribution < -0.4 is 5.32 Å². The van der Waals surface area contributed by atoms with E-state index in [0.717, 1.165) is 11.1 Å². The second-order valence-corrected chi connectivity index (χ2v) is 5.14. The third-order valence-electron chi connectivity index (χ3n) is 3.25. The first kappa shape index (κ1) is 18.1. The van der Waals surface area contributed by atoms with E-state index in [9.17, 15) is 14.3 Å². The smallest absolute Gasteiger partial charge is 0.269 e. The van der Waals surface area contributed by atoms with Crippen molar-refractivity contribution >= 4 is 5.91 Å². The molecular weight excluding hydrogens is 319 g/mol. The highest BCUT2D eigenvalue weighted by molar-refractivity contribution is 5.92. The number of halogens is 1. The van der Waals surface area contributed by atoms with Crippen LogP contribution in [0.5, 0.6) is 5.75 Å². The summed E-state index contributed by atoms with van der Waals surface area (Å²) < 4.78 is 11.9. The molecular formula is C20H19FN2O2. The molecule has 0 fully saturated rings. The van der Waals surface area contributed by atoms with Crippen molar-refractivity contribution in [3.8, 4) is 16.9 Å². The number of amides is 1. The molecule has 128 valence electrons. The fourth-order valence-corrected chi connectivity index (χ4v) is 2.05. The molecule has 3 rings (SSSR count). The number of phenolic OH excluding ortho intramolecular Hbond substituents is 1. The zero-order valence-corrected chi connectivity index (χ0v) is 13.8. The van der Waals surface area contributed by atoms with E-state index in [4.69, 9.17) is 0 Å². The third-order valence-corrected chi connectivity index (χ3v) is 3.25.